The third kappa shape index (κ3) is 5.14. The molecule has 0 heterocycles. The van der Waals surface area contributed by atoms with Crippen LogP contribution in [0.15, 0.2) is 42.5 Å². The number of carbonyl (C=O) groups excluding carboxylic acids is 2. The lowest BCUT2D eigenvalue weighted by Crippen LogP contribution is -2.40. The van der Waals surface area contributed by atoms with E-state index in [1.54, 1.807) is 18.2 Å². The van der Waals surface area contributed by atoms with E-state index in [9.17, 15) is 14.0 Å². The van der Waals surface area contributed by atoms with Crippen molar-refractivity contribution in [2.45, 2.75) is 27.2 Å². The molecular weight excluding hydrogens is 319 g/mol. The van der Waals surface area contributed by atoms with Crippen LogP contribution < -0.4 is 10.2 Å². The Hall–Kier alpha value is -2.69. The van der Waals surface area contributed by atoms with Crippen molar-refractivity contribution < 1.29 is 14.0 Å². The van der Waals surface area contributed by atoms with E-state index in [4.69, 9.17) is 0 Å². The number of halogens is 1. The highest BCUT2D eigenvalue weighted by molar-refractivity contribution is 5.97. The lowest BCUT2D eigenvalue weighted by Gasteiger charge is -2.21. The maximum Gasteiger partial charge on any atom is 0.240 e. The van der Waals surface area contributed by atoms with Gasteiger partial charge in [-0.05, 0) is 55.2 Å². The summed E-state index contributed by atoms with van der Waals surface area (Å²) >= 11 is 0. The van der Waals surface area contributed by atoms with Gasteiger partial charge in [-0.2, -0.15) is 0 Å². The van der Waals surface area contributed by atoms with Crippen LogP contribution in [0.4, 0.5) is 10.1 Å². The molecule has 0 radical (unpaired) electrons. The van der Waals surface area contributed by atoms with Crippen molar-refractivity contribution in [2.24, 2.45) is 0 Å². The molecule has 0 spiro atoms. The molecule has 2 rings (SSSR count). The van der Waals surface area contributed by atoms with Crippen molar-refractivity contribution in [1.82, 2.24) is 5.32 Å². The third-order valence-electron chi connectivity index (χ3n) is 4.16. The Morgan fingerprint density at radius 2 is 1.80 bits per heavy atom. The van der Waals surface area contributed by atoms with Crippen LogP contribution in [0, 0.1) is 19.7 Å². The van der Waals surface area contributed by atoms with E-state index in [2.05, 4.69) is 5.32 Å². The Kier molecular flexibility index (Phi) is 6.28. The number of rotatable bonds is 6. The summed E-state index contributed by atoms with van der Waals surface area (Å²) in [6.07, 6.45) is 0.405. The molecule has 0 fully saturated rings. The highest BCUT2D eigenvalue weighted by atomic mass is 19.1. The molecule has 0 aliphatic heterocycles. The maximum absolute atomic E-state index is 13.6. The van der Waals surface area contributed by atoms with Crippen molar-refractivity contribution in [1.29, 1.82) is 0 Å². The van der Waals surface area contributed by atoms with Gasteiger partial charge in [-0.15, -0.1) is 0 Å². The van der Waals surface area contributed by atoms with Gasteiger partial charge in [-0.25, -0.2) is 4.39 Å². The molecule has 2 amide bonds. The Balaban J connectivity index is 1.95. The number of amides is 2. The third-order valence-corrected chi connectivity index (χ3v) is 4.16. The first kappa shape index (κ1) is 18.6. The molecular formula is C20H23FN2O2. The highest BCUT2D eigenvalue weighted by Gasteiger charge is 2.16. The van der Waals surface area contributed by atoms with E-state index in [-0.39, 0.29) is 24.2 Å². The second-order valence-corrected chi connectivity index (χ2v) is 6.07. The number of hydrogen-bond donors (Lipinski definition) is 1. The molecule has 0 saturated heterocycles. The molecule has 4 nitrogen and oxygen atoms in total. The second-order valence-electron chi connectivity index (χ2n) is 6.07. The fraction of sp³-hybridized carbons (Fsp3) is 0.300. The summed E-state index contributed by atoms with van der Waals surface area (Å²) < 4.78 is 13.6. The second kappa shape index (κ2) is 8.42. The van der Waals surface area contributed by atoms with Gasteiger partial charge < -0.3 is 10.2 Å². The van der Waals surface area contributed by atoms with Crippen LogP contribution in [0.1, 0.15) is 23.6 Å². The van der Waals surface area contributed by atoms with E-state index in [1.807, 2.05) is 32.0 Å². The molecule has 2 aromatic rings. The van der Waals surface area contributed by atoms with Crippen molar-refractivity contribution in [3.63, 3.8) is 0 Å². The molecule has 0 unspecified atom stereocenters. The number of benzene rings is 2. The summed E-state index contributed by atoms with van der Waals surface area (Å²) in [4.78, 5) is 25.5. The van der Waals surface area contributed by atoms with Gasteiger partial charge in [0.15, 0.2) is 0 Å². The van der Waals surface area contributed by atoms with Gasteiger partial charge in [0.25, 0.3) is 0 Å². The van der Waals surface area contributed by atoms with Gasteiger partial charge in [0, 0.05) is 19.2 Å². The fourth-order valence-corrected chi connectivity index (χ4v) is 2.52. The summed E-state index contributed by atoms with van der Waals surface area (Å²) in [7, 11) is 0. The van der Waals surface area contributed by atoms with Crippen LogP contribution in [-0.2, 0) is 16.0 Å². The normalized spacial score (nSPS) is 10.4. The predicted molar refractivity (Wildman–Crippen MR) is 97.1 cm³/mol. The van der Waals surface area contributed by atoms with Crippen LogP contribution in [0.3, 0.4) is 0 Å². The van der Waals surface area contributed by atoms with E-state index in [0.29, 0.717) is 24.2 Å². The number of hydrogen-bond acceptors (Lipinski definition) is 2. The van der Waals surface area contributed by atoms with Crippen molar-refractivity contribution >= 4 is 17.5 Å². The molecule has 0 atom stereocenters. The molecule has 132 valence electrons. The van der Waals surface area contributed by atoms with E-state index < -0.39 is 0 Å². The zero-order valence-electron chi connectivity index (χ0n) is 14.8. The van der Waals surface area contributed by atoms with Crippen molar-refractivity contribution in [2.75, 3.05) is 18.0 Å². The number of anilines is 1. The van der Waals surface area contributed by atoms with Gasteiger partial charge >= 0.3 is 0 Å². The molecule has 0 saturated carbocycles. The minimum Gasteiger partial charge on any atom is -0.354 e. The standard InChI is InChI=1S/C20H23FN2O2/c1-14-8-9-18(12-15(14)2)23(16(3)24)13-20(25)22-11-10-17-6-4-5-7-19(17)21/h4-9,12H,10-11,13H2,1-3H3,(H,22,25). The van der Waals surface area contributed by atoms with E-state index in [1.165, 1.54) is 17.9 Å². The Morgan fingerprint density at radius 3 is 2.44 bits per heavy atom. The van der Waals surface area contributed by atoms with Crippen LogP contribution in [0.5, 0.6) is 0 Å². The summed E-state index contributed by atoms with van der Waals surface area (Å²) in [6, 6.07) is 12.1. The van der Waals surface area contributed by atoms with Gasteiger partial charge in [-0.1, -0.05) is 24.3 Å². The van der Waals surface area contributed by atoms with Gasteiger partial charge in [0.1, 0.15) is 12.4 Å². The number of nitrogens with zero attached hydrogens (tertiary/aromatic N) is 1. The fourth-order valence-electron chi connectivity index (χ4n) is 2.52. The SMILES string of the molecule is CC(=O)N(CC(=O)NCCc1ccccc1F)c1ccc(C)c(C)c1. The first-order valence-corrected chi connectivity index (χ1v) is 8.24. The Bertz CT molecular complexity index is 774. The van der Waals surface area contributed by atoms with Gasteiger partial charge in [0.2, 0.25) is 11.8 Å². The summed E-state index contributed by atoms with van der Waals surface area (Å²) in [6.45, 7) is 5.65. The number of aryl methyl sites for hydroxylation is 2. The van der Waals surface area contributed by atoms with Crippen LogP contribution in [0.25, 0.3) is 0 Å². The Morgan fingerprint density at radius 1 is 1.08 bits per heavy atom. The highest BCUT2D eigenvalue weighted by Crippen LogP contribution is 2.19. The van der Waals surface area contributed by atoms with Crippen LogP contribution in [-0.4, -0.2) is 24.9 Å². The van der Waals surface area contributed by atoms with Gasteiger partial charge in [-0.3, -0.25) is 9.59 Å². The lowest BCUT2D eigenvalue weighted by molar-refractivity contribution is -0.123. The lowest BCUT2D eigenvalue weighted by atomic mass is 10.1. The molecule has 25 heavy (non-hydrogen) atoms. The van der Waals surface area contributed by atoms with E-state index >= 15 is 0 Å². The van der Waals surface area contributed by atoms with Gasteiger partial charge in [0.05, 0.1) is 0 Å². The molecule has 0 bridgehead atoms. The molecule has 0 aromatic heterocycles. The summed E-state index contributed by atoms with van der Waals surface area (Å²) in [5.41, 5.74) is 3.44. The minimum atomic E-state index is -0.280. The molecule has 1 N–H and O–H groups in total. The average Bonchev–Trinajstić information content (AvgIpc) is 2.57. The smallest absolute Gasteiger partial charge is 0.240 e. The topological polar surface area (TPSA) is 49.4 Å². The molecule has 0 aliphatic carbocycles. The maximum atomic E-state index is 13.6. The zero-order valence-corrected chi connectivity index (χ0v) is 14.8. The molecule has 0 aliphatic rings. The number of carbonyl (C=O) groups is 2. The molecule has 2 aromatic carbocycles. The largest absolute Gasteiger partial charge is 0.354 e. The quantitative estimate of drug-likeness (QED) is 0.877. The van der Waals surface area contributed by atoms with Crippen molar-refractivity contribution in [3.8, 4) is 0 Å². The first-order valence-electron chi connectivity index (χ1n) is 8.24. The van der Waals surface area contributed by atoms with Crippen molar-refractivity contribution in [3.05, 3.63) is 65.0 Å². The van der Waals surface area contributed by atoms with Crippen LogP contribution in [0.2, 0.25) is 0 Å². The minimum absolute atomic E-state index is 0.0604. The average molecular weight is 342 g/mol. The summed E-state index contributed by atoms with van der Waals surface area (Å²) in [5.74, 6) is -0.755. The summed E-state index contributed by atoms with van der Waals surface area (Å²) in [5, 5.41) is 2.74. The monoisotopic (exact) mass is 342 g/mol. The van der Waals surface area contributed by atoms with E-state index in [0.717, 1.165) is 11.1 Å². The first-order chi connectivity index (χ1) is 11.9. The number of nitrogens with one attached hydrogen (secondary N) is 1. The predicted octanol–water partition coefficient (Wildman–Crippen LogP) is 3.15. The Labute approximate surface area is 147 Å². The zero-order chi connectivity index (χ0) is 18.4. The molecule has 5 heteroatoms. The van der Waals surface area contributed by atoms with Crippen LogP contribution >= 0.6 is 0 Å².